The number of carbonyl (C=O) groups is 2. The number of aryl methyl sites for hydroxylation is 1. The lowest BCUT2D eigenvalue weighted by atomic mass is 10.1. The van der Waals surface area contributed by atoms with E-state index in [4.69, 9.17) is 9.47 Å². The number of hydrogen-bond donors (Lipinski definition) is 1. The average Bonchev–Trinajstić information content (AvgIpc) is 3.39. The van der Waals surface area contributed by atoms with Crippen LogP contribution in [0.1, 0.15) is 69.1 Å². The SMILES string of the molecule is CCOc1nc(-c2sc(NC(=O)OC(C)(C)C)nc2C)cc2c1C(=O)N([C@@H](C)C1CC1)C2. The molecule has 1 fully saturated rings. The van der Waals surface area contributed by atoms with Crippen LogP contribution in [0.5, 0.6) is 5.88 Å². The molecule has 32 heavy (non-hydrogen) atoms. The summed E-state index contributed by atoms with van der Waals surface area (Å²) in [5, 5.41) is 3.13. The van der Waals surface area contributed by atoms with Gasteiger partial charge in [-0.25, -0.2) is 14.8 Å². The molecule has 0 spiro atoms. The van der Waals surface area contributed by atoms with Gasteiger partial charge >= 0.3 is 6.09 Å². The zero-order valence-electron chi connectivity index (χ0n) is 19.4. The number of amides is 2. The topological polar surface area (TPSA) is 93.6 Å². The van der Waals surface area contributed by atoms with Crippen LogP contribution >= 0.6 is 11.3 Å². The summed E-state index contributed by atoms with van der Waals surface area (Å²) >= 11 is 1.32. The third-order valence-corrected chi connectivity index (χ3v) is 6.69. The fourth-order valence-corrected chi connectivity index (χ4v) is 4.84. The standard InChI is InChI=1S/C23H30N4O4S/c1-7-30-19-17-15(11-27(20(17)28)13(3)14-8-9-14)10-16(25-19)18-12(2)24-21(32-18)26-22(29)31-23(4,5)6/h10,13-14H,7-9,11H2,1-6H3,(H,24,26,29)/t13-/m0/s1. The smallest absolute Gasteiger partial charge is 0.413 e. The van der Waals surface area contributed by atoms with Gasteiger partial charge in [0.1, 0.15) is 11.2 Å². The van der Waals surface area contributed by atoms with Gasteiger partial charge in [0.15, 0.2) is 5.13 Å². The molecule has 1 aliphatic heterocycles. The van der Waals surface area contributed by atoms with Crippen molar-refractivity contribution in [3.05, 3.63) is 22.9 Å². The average molecular weight is 459 g/mol. The van der Waals surface area contributed by atoms with E-state index in [2.05, 4.69) is 22.2 Å². The summed E-state index contributed by atoms with van der Waals surface area (Å²) < 4.78 is 11.1. The van der Waals surface area contributed by atoms with Gasteiger partial charge in [-0.2, -0.15) is 0 Å². The summed E-state index contributed by atoms with van der Waals surface area (Å²) in [6, 6.07) is 2.16. The van der Waals surface area contributed by atoms with Crippen molar-refractivity contribution in [2.45, 2.75) is 72.6 Å². The van der Waals surface area contributed by atoms with Gasteiger partial charge < -0.3 is 14.4 Å². The van der Waals surface area contributed by atoms with Crippen molar-refractivity contribution in [3.63, 3.8) is 0 Å². The fraction of sp³-hybridized carbons (Fsp3) is 0.565. The minimum Gasteiger partial charge on any atom is -0.477 e. The fourth-order valence-electron chi connectivity index (χ4n) is 3.92. The number of thiazole rings is 1. The van der Waals surface area contributed by atoms with Crippen LogP contribution in [0.25, 0.3) is 10.6 Å². The monoisotopic (exact) mass is 458 g/mol. The first kappa shape index (κ1) is 22.5. The third kappa shape index (κ3) is 4.57. The molecule has 2 aromatic heterocycles. The minimum atomic E-state index is -0.594. The van der Waals surface area contributed by atoms with Crippen LogP contribution < -0.4 is 10.1 Å². The molecular weight excluding hydrogens is 428 g/mol. The Bertz CT molecular complexity index is 1050. The van der Waals surface area contributed by atoms with E-state index >= 15 is 0 Å². The number of aromatic nitrogens is 2. The Hall–Kier alpha value is -2.68. The van der Waals surface area contributed by atoms with Crippen LogP contribution in [0.3, 0.4) is 0 Å². The number of rotatable bonds is 6. The van der Waals surface area contributed by atoms with Gasteiger partial charge in [0, 0.05) is 12.6 Å². The molecule has 4 rings (SSSR count). The second-order valence-corrected chi connectivity index (χ2v) is 10.4. The maximum atomic E-state index is 13.2. The Morgan fingerprint density at radius 2 is 2.06 bits per heavy atom. The molecule has 1 aliphatic carbocycles. The van der Waals surface area contributed by atoms with Crippen molar-refractivity contribution in [2.24, 2.45) is 5.92 Å². The first-order chi connectivity index (χ1) is 15.1. The summed E-state index contributed by atoms with van der Waals surface area (Å²) in [4.78, 5) is 37.2. The summed E-state index contributed by atoms with van der Waals surface area (Å²) in [6.07, 6.45) is 1.80. The molecule has 1 atom stereocenters. The number of nitrogens with one attached hydrogen (secondary N) is 1. The van der Waals surface area contributed by atoms with Crippen LogP contribution in [0, 0.1) is 12.8 Å². The van der Waals surface area contributed by atoms with Gasteiger partial charge in [0.05, 0.1) is 22.9 Å². The number of hydrogen-bond acceptors (Lipinski definition) is 7. The Labute approximate surface area is 192 Å². The Balaban J connectivity index is 1.64. The number of ether oxygens (including phenoxy) is 2. The maximum absolute atomic E-state index is 13.2. The number of nitrogens with zero attached hydrogens (tertiary/aromatic N) is 3. The molecule has 0 bridgehead atoms. The first-order valence-corrected chi connectivity index (χ1v) is 11.8. The summed E-state index contributed by atoms with van der Waals surface area (Å²) in [7, 11) is 0. The van der Waals surface area contributed by atoms with E-state index in [1.165, 1.54) is 24.2 Å². The zero-order valence-corrected chi connectivity index (χ0v) is 20.3. The molecule has 2 aliphatic rings. The number of pyridine rings is 1. The predicted octanol–water partition coefficient (Wildman–Crippen LogP) is 5.01. The second kappa shape index (κ2) is 8.35. The van der Waals surface area contributed by atoms with Crippen LogP contribution in [0.15, 0.2) is 6.07 Å². The molecule has 2 amide bonds. The van der Waals surface area contributed by atoms with Gasteiger partial charge in [-0.05, 0) is 71.9 Å². The molecule has 172 valence electrons. The van der Waals surface area contributed by atoms with Crippen LogP contribution in [0.2, 0.25) is 0 Å². The van der Waals surface area contributed by atoms with Gasteiger partial charge in [0.25, 0.3) is 5.91 Å². The Morgan fingerprint density at radius 1 is 1.34 bits per heavy atom. The molecule has 3 heterocycles. The molecular formula is C23H30N4O4S. The lowest BCUT2D eigenvalue weighted by Crippen LogP contribution is -2.34. The van der Waals surface area contributed by atoms with Gasteiger partial charge in [-0.1, -0.05) is 11.3 Å². The van der Waals surface area contributed by atoms with Gasteiger partial charge in [-0.15, -0.1) is 0 Å². The van der Waals surface area contributed by atoms with Crippen LogP contribution in [-0.4, -0.2) is 45.1 Å². The molecule has 9 heteroatoms. The first-order valence-electron chi connectivity index (χ1n) is 11.0. The largest absolute Gasteiger partial charge is 0.477 e. The van der Waals surface area contributed by atoms with Crippen LogP contribution in [0.4, 0.5) is 9.93 Å². The second-order valence-electron chi connectivity index (χ2n) is 9.35. The molecule has 8 nitrogen and oxygen atoms in total. The summed E-state index contributed by atoms with van der Waals surface area (Å²) in [5.74, 6) is 0.946. The normalized spacial score (nSPS) is 16.7. The van der Waals surface area contributed by atoms with Crippen molar-refractivity contribution < 1.29 is 19.1 Å². The highest BCUT2D eigenvalue weighted by atomic mass is 32.1. The van der Waals surface area contributed by atoms with Crippen molar-refractivity contribution in [1.29, 1.82) is 0 Å². The highest BCUT2D eigenvalue weighted by Crippen LogP contribution is 2.42. The summed E-state index contributed by atoms with van der Waals surface area (Å²) in [6.45, 7) is 12.3. The van der Waals surface area contributed by atoms with E-state index in [1.54, 1.807) is 0 Å². The predicted molar refractivity (Wildman–Crippen MR) is 123 cm³/mol. The van der Waals surface area contributed by atoms with Crippen molar-refractivity contribution in [2.75, 3.05) is 11.9 Å². The van der Waals surface area contributed by atoms with E-state index in [9.17, 15) is 9.59 Å². The van der Waals surface area contributed by atoms with Crippen molar-refractivity contribution >= 4 is 28.5 Å². The minimum absolute atomic E-state index is 0.00444. The lowest BCUT2D eigenvalue weighted by Gasteiger charge is -2.23. The molecule has 1 N–H and O–H groups in total. The Kier molecular flexibility index (Phi) is 5.87. The van der Waals surface area contributed by atoms with E-state index in [-0.39, 0.29) is 11.9 Å². The van der Waals surface area contributed by atoms with Crippen molar-refractivity contribution in [3.8, 4) is 16.5 Å². The van der Waals surface area contributed by atoms with Crippen molar-refractivity contribution in [1.82, 2.24) is 14.9 Å². The Morgan fingerprint density at radius 3 is 2.69 bits per heavy atom. The lowest BCUT2D eigenvalue weighted by molar-refractivity contribution is 0.0634. The molecule has 0 radical (unpaired) electrons. The van der Waals surface area contributed by atoms with E-state index in [1.807, 2.05) is 45.6 Å². The molecule has 2 aromatic rings. The third-order valence-electron chi connectivity index (χ3n) is 5.60. The molecule has 0 aromatic carbocycles. The maximum Gasteiger partial charge on any atom is 0.413 e. The molecule has 1 saturated carbocycles. The highest BCUT2D eigenvalue weighted by Gasteiger charge is 2.40. The zero-order chi connectivity index (χ0) is 23.2. The number of anilines is 1. The van der Waals surface area contributed by atoms with E-state index < -0.39 is 11.7 Å². The number of carbonyl (C=O) groups excluding carboxylic acids is 2. The molecule has 0 unspecified atom stereocenters. The summed E-state index contributed by atoms with van der Waals surface area (Å²) in [5.41, 5.74) is 2.32. The van der Waals surface area contributed by atoms with Crippen LogP contribution in [-0.2, 0) is 11.3 Å². The van der Waals surface area contributed by atoms with E-state index in [0.717, 1.165) is 16.1 Å². The quantitative estimate of drug-likeness (QED) is 0.654. The van der Waals surface area contributed by atoms with E-state index in [0.29, 0.717) is 41.3 Å². The number of fused-ring (bicyclic) bond motifs is 1. The highest BCUT2D eigenvalue weighted by molar-refractivity contribution is 7.19. The van der Waals surface area contributed by atoms with Gasteiger partial charge in [0.2, 0.25) is 5.88 Å². The van der Waals surface area contributed by atoms with Gasteiger partial charge in [-0.3, -0.25) is 10.1 Å². The molecule has 0 saturated heterocycles.